The van der Waals surface area contributed by atoms with Crippen molar-refractivity contribution in [3.63, 3.8) is 0 Å². The van der Waals surface area contributed by atoms with Gasteiger partial charge in [-0.05, 0) is 46.8 Å². The summed E-state index contributed by atoms with van der Waals surface area (Å²) in [5, 5.41) is 14.8. The lowest BCUT2D eigenvalue weighted by Gasteiger charge is -2.11. The molecule has 110 valence electrons. The van der Waals surface area contributed by atoms with Crippen LogP contribution in [0.1, 0.15) is 23.7 Å². The maximum absolute atomic E-state index is 11.7. The highest BCUT2D eigenvalue weighted by Crippen LogP contribution is 2.21. The molecule has 3 N–H and O–H groups in total. The van der Waals surface area contributed by atoms with Crippen molar-refractivity contribution in [2.45, 2.75) is 18.6 Å². The Morgan fingerprint density at radius 3 is 2.75 bits per heavy atom. The van der Waals surface area contributed by atoms with Gasteiger partial charge in [-0.25, -0.2) is 9.59 Å². The van der Waals surface area contributed by atoms with Gasteiger partial charge < -0.3 is 15.7 Å². The second kappa shape index (κ2) is 8.16. The number of aromatic carboxylic acids is 1. The monoisotopic (exact) mass is 360 g/mol. The van der Waals surface area contributed by atoms with Crippen LogP contribution < -0.4 is 10.6 Å². The van der Waals surface area contributed by atoms with Gasteiger partial charge in [-0.3, -0.25) is 0 Å². The number of benzene rings is 1. The van der Waals surface area contributed by atoms with Crippen molar-refractivity contribution >= 4 is 45.4 Å². The number of hydrogen-bond acceptors (Lipinski definition) is 3. The van der Waals surface area contributed by atoms with E-state index in [2.05, 4.69) is 33.5 Å². The van der Waals surface area contributed by atoms with Crippen LogP contribution in [0.2, 0.25) is 0 Å². The molecule has 5 nitrogen and oxygen atoms in total. The minimum absolute atomic E-state index is 0.110. The zero-order valence-electron chi connectivity index (χ0n) is 11.3. The van der Waals surface area contributed by atoms with Crippen LogP contribution in [0.5, 0.6) is 0 Å². The van der Waals surface area contributed by atoms with Crippen molar-refractivity contribution in [1.82, 2.24) is 5.32 Å². The number of carboxylic acid groups (broad SMARTS) is 1. The summed E-state index contributed by atoms with van der Waals surface area (Å²) in [6.07, 6.45) is 2.91. The molecular weight excluding hydrogens is 344 g/mol. The Kier molecular flexibility index (Phi) is 6.87. The average Bonchev–Trinajstić information content (AvgIpc) is 2.40. The number of anilines is 1. The highest BCUT2D eigenvalue weighted by atomic mass is 79.9. The van der Waals surface area contributed by atoms with Crippen LogP contribution in [0.3, 0.4) is 0 Å². The van der Waals surface area contributed by atoms with Gasteiger partial charge in [-0.1, -0.05) is 6.92 Å². The summed E-state index contributed by atoms with van der Waals surface area (Å²) in [5.41, 5.74) is 0.555. The molecule has 0 bridgehead atoms. The summed E-state index contributed by atoms with van der Waals surface area (Å²) in [6, 6.07) is 4.31. The molecular formula is C13H17BrN2O3S. The number of rotatable bonds is 6. The molecule has 0 aromatic heterocycles. The first-order valence-electron chi connectivity index (χ1n) is 6.04. The molecule has 1 unspecified atom stereocenters. The first kappa shape index (κ1) is 16.8. The van der Waals surface area contributed by atoms with Crippen molar-refractivity contribution in [2.24, 2.45) is 0 Å². The van der Waals surface area contributed by atoms with E-state index in [0.717, 1.165) is 6.42 Å². The number of hydrogen-bond donors (Lipinski definition) is 3. The largest absolute Gasteiger partial charge is 0.478 e. The molecule has 1 aromatic rings. The molecule has 20 heavy (non-hydrogen) atoms. The average molecular weight is 361 g/mol. The molecule has 0 radical (unpaired) electrons. The van der Waals surface area contributed by atoms with E-state index in [9.17, 15) is 9.59 Å². The number of nitrogens with one attached hydrogen (secondary N) is 2. The molecule has 1 atom stereocenters. The van der Waals surface area contributed by atoms with E-state index >= 15 is 0 Å². The summed E-state index contributed by atoms with van der Waals surface area (Å²) >= 11 is 4.90. The predicted octanol–water partition coefficient (Wildman–Crippen LogP) is 3.41. The standard InChI is InChI=1S/C13H17BrN2O3S/c1-8(20-2)5-6-15-13(19)16-9-3-4-11(14)10(7-9)12(17)18/h3-4,7-8H,5-6H2,1-2H3,(H,17,18)(H2,15,16,19). The summed E-state index contributed by atoms with van der Waals surface area (Å²) in [5.74, 6) is -1.05. The van der Waals surface area contributed by atoms with E-state index in [1.54, 1.807) is 23.9 Å². The van der Waals surface area contributed by atoms with Gasteiger partial charge in [0.15, 0.2) is 0 Å². The van der Waals surface area contributed by atoms with E-state index in [4.69, 9.17) is 5.11 Å². The Balaban J connectivity index is 2.54. The maximum atomic E-state index is 11.7. The Bertz CT molecular complexity index is 497. The van der Waals surface area contributed by atoms with Gasteiger partial charge in [-0.2, -0.15) is 11.8 Å². The number of thioether (sulfide) groups is 1. The minimum atomic E-state index is -1.05. The van der Waals surface area contributed by atoms with Crippen molar-refractivity contribution in [3.05, 3.63) is 28.2 Å². The molecule has 0 spiro atoms. The summed E-state index contributed by atoms with van der Waals surface area (Å²) < 4.78 is 0.477. The normalized spacial score (nSPS) is 11.8. The van der Waals surface area contributed by atoms with Crippen LogP contribution in [-0.4, -0.2) is 35.2 Å². The Morgan fingerprint density at radius 1 is 1.45 bits per heavy atom. The van der Waals surface area contributed by atoms with Crippen LogP contribution in [0.25, 0.3) is 0 Å². The number of carbonyl (C=O) groups excluding carboxylic acids is 1. The quantitative estimate of drug-likeness (QED) is 0.726. The summed E-state index contributed by atoms with van der Waals surface area (Å²) in [7, 11) is 0. The Morgan fingerprint density at radius 2 is 2.15 bits per heavy atom. The smallest absolute Gasteiger partial charge is 0.336 e. The van der Waals surface area contributed by atoms with Gasteiger partial charge in [-0.15, -0.1) is 0 Å². The first-order chi connectivity index (χ1) is 9.43. The van der Waals surface area contributed by atoms with Gasteiger partial charge in [0.25, 0.3) is 0 Å². The lowest BCUT2D eigenvalue weighted by molar-refractivity contribution is 0.0696. The fourth-order valence-corrected chi connectivity index (χ4v) is 2.22. The van der Waals surface area contributed by atoms with Crippen LogP contribution in [0, 0.1) is 0 Å². The number of halogens is 1. The summed E-state index contributed by atoms with van der Waals surface area (Å²) in [4.78, 5) is 22.6. The predicted molar refractivity (Wildman–Crippen MR) is 85.7 cm³/mol. The van der Waals surface area contributed by atoms with E-state index in [0.29, 0.717) is 22.0 Å². The third-order valence-corrected chi connectivity index (χ3v) is 4.43. The number of carboxylic acids is 1. The van der Waals surface area contributed by atoms with Crippen molar-refractivity contribution < 1.29 is 14.7 Å². The van der Waals surface area contributed by atoms with E-state index in [-0.39, 0.29) is 11.6 Å². The third kappa shape index (κ3) is 5.42. The highest BCUT2D eigenvalue weighted by molar-refractivity contribution is 9.10. The minimum Gasteiger partial charge on any atom is -0.478 e. The molecule has 0 heterocycles. The lowest BCUT2D eigenvalue weighted by atomic mass is 10.2. The van der Waals surface area contributed by atoms with E-state index < -0.39 is 5.97 Å². The summed E-state index contributed by atoms with van der Waals surface area (Å²) in [6.45, 7) is 2.67. The Hall–Kier alpha value is -1.21. The lowest BCUT2D eigenvalue weighted by Crippen LogP contribution is -2.30. The number of carbonyl (C=O) groups is 2. The van der Waals surface area contributed by atoms with E-state index in [1.165, 1.54) is 6.07 Å². The fourth-order valence-electron chi connectivity index (χ4n) is 1.45. The van der Waals surface area contributed by atoms with Crippen molar-refractivity contribution in [1.29, 1.82) is 0 Å². The molecule has 0 saturated carbocycles. The third-order valence-electron chi connectivity index (χ3n) is 2.69. The Labute approximate surface area is 130 Å². The molecule has 0 aliphatic carbocycles. The first-order valence-corrected chi connectivity index (χ1v) is 8.12. The maximum Gasteiger partial charge on any atom is 0.336 e. The molecule has 0 aliphatic heterocycles. The molecule has 1 aromatic carbocycles. The van der Waals surface area contributed by atoms with Crippen LogP contribution in [0.4, 0.5) is 10.5 Å². The highest BCUT2D eigenvalue weighted by Gasteiger charge is 2.10. The van der Waals surface area contributed by atoms with Gasteiger partial charge in [0, 0.05) is 22.0 Å². The van der Waals surface area contributed by atoms with Crippen molar-refractivity contribution in [3.8, 4) is 0 Å². The molecule has 0 fully saturated rings. The second-order valence-corrected chi connectivity index (χ2v) is 6.35. The fraction of sp³-hybridized carbons (Fsp3) is 0.385. The zero-order valence-corrected chi connectivity index (χ0v) is 13.7. The molecule has 2 amide bonds. The molecule has 0 aliphatic rings. The second-order valence-electron chi connectivity index (χ2n) is 4.22. The topological polar surface area (TPSA) is 78.4 Å². The molecule has 7 heteroatoms. The van der Waals surface area contributed by atoms with E-state index in [1.807, 2.05) is 6.26 Å². The zero-order chi connectivity index (χ0) is 15.1. The van der Waals surface area contributed by atoms with Crippen LogP contribution >= 0.6 is 27.7 Å². The van der Waals surface area contributed by atoms with Gasteiger partial charge >= 0.3 is 12.0 Å². The van der Waals surface area contributed by atoms with Crippen LogP contribution in [-0.2, 0) is 0 Å². The molecule has 0 saturated heterocycles. The SMILES string of the molecule is CSC(C)CCNC(=O)Nc1ccc(Br)c(C(=O)O)c1. The molecule has 1 rings (SSSR count). The number of urea groups is 1. The van der Waals surface area contributed by atoms with Crippen molar-refractivity contribution in [2.75, 3.05) is 18.1 Å². The van der Waals surface area contributed by atoms with Crippen LogP contribution in [0.15, 0.2) is 22.7 Å². The van der Waals surface area contributed by atoms with Gasteiger partial charge in [0.1, 0.15) is 0 Å². The van der Waals surface area contributed by atoms with Gasteiger partial charge in [0.2, 0.25) is 0 Å². The van der Waals surface area contributed by atoms with Gasteiger partial charge in [0.05, 0.1) is 5.56 Å². The number of amides is 2.